The van der Waals surface area contributed by atoms with E-state index in [-0.39, 0.29) is 19.3 Å². The molecule has 4 N–H and O–H groups in total. The largest absolute Gasteiger partial charge is 0.472 e. The van der Waals surface area contributed by atoms with Crippen LogP contribution in [0.2, 0.25) is 0 Å². The summed E-state index contributed by atoms with van der Waals surface area (Å²) in [7, 11) is -9.78. The van der Waals surface area contributed by atoms with E-state index in [1.807, 2.05) is 0 Å². The van der Waals surface area contributed by atoms with Gasteiger partial charge in [0.25, 0.3) is 0 Å². The molecule has 0 aromatic heterocycles. The predicted octanol–water partition coefficient (Wildman–Crippen LogP) is 17.5. The van der Waals surface area contributed by atoms with Crippen molar-refractivity contribution in [3.63, 3.8) is 0 Å². The van der Waals surface area contributed by atoms with Crippen LogP contribution in [-0.4, -0.2) is 95.9 Å². The van der Waals surface area contributed by atoms with E-state index in [1.165, 1.54) is 57.8 Å². The van der Waals surface area contributed by atoms with Crippen molar-refractivity contribution in [2.75, 3.05) is 39.6 Å². The molecule has 0 saturated carbocycles. The molecule has 0 spiro atoms. The van der Waals surface area contributed by atoms with Crippen molar-refractivity contribution in [2.24, 2.45) is 0 Å². The summed E-state index contributed by atoms with van der Waals surface area (Å²) in [5, 5.41) is 20.5. The Morgan fingerprint density at radius 1 is 0.341 bits per heavy atom. The number of ether oxygens (including phenoxy) is 3. The van der Waals surface area contributed by atoms with Crippen LogP contribution in [0.5, 0.6) is 0 Å². The first kappa shape index (κ1) is 81.5. The summed E-state index contributed by atoms with van der Waals surface area (Å²) in [5.41, 5.74) is 0. The van der Waals surface area contributed by atoms with E-state index in [0.29, 0.717) is 19.3 Å². The van der Waals surface area contributed by atoms with Crippen molar-refractivity contribution >= 4 is 33.6 Å². The molecular formula is C67H116O16P2. The fourth-order valence-electron chi connectivity index (χ4n) is 8.31. The SMILES string of the molecule is CC/C=C\C/C=C\C/C=C\C/C=C\C/C=C\CCCCCC(=O)OCC(O)COP(=O)(O)OCC(O)COP(=O)(O)OCC(COC(=O)CCCCCCCC/C=C\C/C=C\C/C=C\CCCCC)OC(=O)CCCCCCCCCCCCC. The van der Waals surface area contributed by atoms with Crippen molar-refractivity contribution < 1.29 is 75.8 Å². The molecule has 0 aromatic rings. The number of phosphoric ester groups is 2. The van der Waals surface area contributed by atoms with Gasteiger partial charge in [0.1, 0.15) is 25.4 Å². The summed E-state index contributed by atoms with van der Waals surface area (Å²) in [6.07, 6.45) is 64.7. The topological polar surface area (TPSA) is 231 Å². The molecule has 0 bridgehead atoms. The molecule has 0 fully saturated rings. The minimum absolute atomic E-state index is 0.102. The van der Waals surface area contributed by atoms with Gasteiger partial charge in [-0.3, -0.25) is 32.5 Å². The zero-order valence-electron chi connectivity index (χ0n) is 52.8. The standard InChI is InChI=1S/C67H116O16P2/c1-4-7-10-13-16-19-22-24-26-28-30-32-34-36-39-41-44-47-50-53-65(70)77-56-62(68)57-79-84(73,74)80-58-63(69)59-81-85(75,76)82-61-64(83-67(72)55-52-49-46-43-38-21-18-15-12-9-6-3)60-78-66(71)54-51-48-45-42-40-37-35-33-31-29-27-25-23-20-17-14-11-8-5-2/h7,10,16-17,19-20,24-27,30-33,36,39,62-64,68-69H,4-6,8-9,11-15,18,21-23,28-29,34-35,37-38,40-61H2,1-3H3,(H,73,74)(H,75,76)/b10-7-,19-16-,20-17-,26-24-,27-25-,32-30-,33-31-,39-36-. The van der Waals surface area contributed by atoms with Crippen LogP contribution in [0.4, 0.5) is 0 Å². The molecule has 16 nitrogen and oxygen atoms in total. The molecule has 0 aliphatic rings. The van der Waals surface area contributed by atoms with E-state index in [2.05, 4.69) is 118 Å². The highest BCUT2D eigenvalue weighted by Gasteiger charge is 2.29. The van der Waals surface area contributed by atoms with E-state index in [0.717, 1.165) is 135 Å². The van der Waals surface area contributed by atoms with Crippen LogP contribution in [0.3, 0.4) is 0 Å². The van der Waals surface area contributed by atoms with E-state index in [1.54, 1.807) is 0 Å². The molecule has 85 heavy (non-hydrogen) atoms. The monoisotopic (exact) mass is 1240 g/mol. The van der Waals surface area contributed by atoms with Crippen LogP contribution in [0.25, 0.3) is 0 Å². The fourth-order valence-corrected chi connectivity index (χ4v) is 9.89. The molecule has 0 radical (unpaired) electrons. The molecular weight excluding hydrogens is 1120 g/mol. The van der Waals surface area contributed by atoms with Crippen LogP contribution in [0.15, 0.2) is 97.2 Å². The Labute approximate surface area is 514 Å². The maximum absolute atomic E-state index is 12.9. The van der Waals surface area contributed by atoms with E-state index >= 15 is 0 Å². The highest BCUT2D eigenvalue weighted by Crippen LogP contribution is 2.45. The Hall–Kier alpha value is -3.53. The Balaban J connectivity index is 4.66. The van der Waals surface area contributed by atoms with Gasteiger partial charge < -0.3 is 34.2 Å². The molecule has 0 aliphatic heterocycles. The summed E-state index contributed by atoms with van der Waals surface area (Å²) in [6.45, 7) is 2.45. The van der Waals surface area contributed by atoms with E-state index in [4.69, 9.17) is 32.3 Å². The zero-order valence-corrected chi connectivity index (χ0v) is 54.5. The summed E-state index contributed by atoms with van der Waals surface area (Å²) in [6, 6.07) is 0. The number of carbonyl (C=O) groups excluding carboxylic acids is 3. The third-order valence-corrected chi connectivity index (χ3v) is 15.2. The first-order chi connectivity index (χ1) is 41.2. The van der Waals surface area contributed by atoms with Crippen LogP contribution < -0.4 is 0 Å². The Morgan fingerprint density at radius 3 is 1.02 bits per heavy atom. The smallest absolute Gasteiger partial charge is 0.463 e. The summed E-state index contributed by atoms with van der Waals surface area (Å²) < 4.78 is 60.7. The molecule has 18 heteroatoms. The quantitative estimate of drug-likeness (QED) is 0.0146. The number of hydrogen-bond acceptors (Lipinski definition) is 14. The van der Waals surface area contributed by atoms with E-state index in [9.17, 15) is 43.5 Å². The lowest BCUT2D eigenvalue weighted by Crippen LogP contribution is -2.30. The first-order valence-electron chi connectivity index (χ1n) is 32.5. The second-order valence-electron chi connectivity index (χ2n) is 21.5. The van der Waals surface area contributed by atoms with Crippen LogP contribution in [-0.2, 0) is 55.8 Å². The van der Waals surface area contributed by atoms with Gasteiger partial charge in [0, 0.05) is 19.3 Å². The van der Waals surface area contributed by atoms with Crippen molar-refractivity contribution in [3.8, 4) is 0 Å². The van der Waals surface area contributed by atoms with Gasteiger partial charge in [0.2, 0.25) is 0 Å². The minimum Gasteiger partial charge on any atom is -0.463 e. The number of hydrogen-bond donors (Lipinski definition) is 4. The number of allylic oxidation sites excluding steroid dienone is 16. The number of carbonyl (C=O) groups is 3. The fraction of sp³-hybridized carbons (Fsp3) is 0.716. The lowest BCUT2D eigenvalue weighted by molar-refractivity contribution is -0.161. The molecule has 5 atom stereocenters. The molecule has 0 amide bonds. The predicted molar refractivity (Wildman–Crippen MR) is 344 cm³/mol. The van der Waals surface area contributed by atoms with Gasteiger partial charge in [0.15, 0.2) is 6.10 Å². The van der Waals surface area contributed by atoms with Crippen molar-refractivity contribution in [2.45, 2.75) is 270 Å². The minimum atomic E-state index is -4.92. The van der Waals surface area contributed by atoms with Gasteiger partial charge in [-0.25, -0.2) is 9.13 Å². The summed E-state index contributed by atoms with van der Waals surface area (Å²) in [5.74, 6) is -1.62. The highest BCUT2D eigenvalue weighted by molar-refractivity contribution is 7.47. The molecule has 490 valence electrons. The van der Waals surface area contributed by atoms with Gasteiger partial charge >= 0.3 is 33.6 Å². The molecule has 0 rings (SSSR count). The van der Waals surface area contributed by atoms with Crippen LogP contribution >= 0.6 is 15.6 Å². The molecule has 0 aliphatic carbocycles. The Kier molecular flexibility index (Phi) is 58.2. The summed E-state index contributed by atoms with van der Waals surface area (Å²) in [4.78, 5) is 58.2. The zero-order chi connectivity index (χ0) is 62.4. The molecule has 0 aromatic carbocycles. The third-order valence-electron chi connectivity index (χ3n) is 13.3. The van der Waals surface area contributed by atoms with Gasteiger partial charge in [-0.15, -0.1) is 0 Å². The van der Waals surface area contributed by atoms with E-state index < -0.39 is 91.5 Å². The first-order valence-corrected chi connectivity index (χ1v) is 35.5. The number of aliphatic hydroxyl groups excluding tert-OH is 2. The van der Waals surface area contributed by atoms with Crippen molar-refractivity contribution in [1.82, 2.24) is 0 Å². The molecule has 0 heterocycles. The number of aliphatic hydroxyl groups is 2. The second kappa shape index (κ2) is 60.7. The van der Waals surface area contributed by atoms with Gasteiger partial charge in [-0.1, -0.05) is 227 Å². The lowest BCUT2D eigenvalue weighted by atomic mass is 10.1. The number of phosphoric acid groups is 2. The van der Waals surface area contributed by atoms with Crippen molar-refractivity contribution in [1.29, 1.82) is 0 Å². The third kappa shape index (κ3) is 61.9. The number of esters is 3. The average Bonchev–Trinajstić information content (AvgIpc) is 3.60. The number of rotatable bonds is 61. The van der Waals surface area contributed by atoms with Gasteiger partial charge in [-0.05, 0) is 103 Å². The maximum Gasteiger partial charge on any atom is 0.472 e. The van der Waals surface area contributed by atoms with Crippen LogP contribution in [0, 0.1) is 0 Å². The summed E-state index contributed by atoms with van der Waals surface area (Å²) >= 11 is 0. The molecule has 0 saturated heterocycles. The Bertz CT molecular complexity index is 1940. The highest BCUT2D eigenvalue weighted by atomic mass is 31.2. The van der Waals surface area contributed by atoms with Crippen molar-refractivity contribution in [3.05, 3.63) is 97.2 Å². The average molecular weight is 1240 g/mol. The lowest BCUT2D eigenvalue weighted by Gasteiger charge is -2.21. The molecule has 5 unspecified atom stereocenters. The second-order valence-corrected chi connectivity index (χ2v) is 24.4. The number of unbranched alkanes of at least 4 members (excludes halogenated alkanes) is 22. The van der Waals surface area contributed by atoms with Gasteiger partial charge in [0.05, 0.1) is 26.4 Å². The maximum atomic E-state index is 12.9. The normalized spacial score (nSPS) is 15.0. The Morgan fingerprint density at radius 2 is 0.624 bits per heavy atom. The van der Waals surface area contributed by atoms with Gasteiger partial charge in [-0.2, -0.15) is 0 Å². The van der Waals surface area contributed by atoms with Crippen LogP contribution in [0.1, 0.15) is 252 Å².